The van der Waals surface area contributed by atoms with Crippen LogP contribution in [-0.2, 0) is 5.41 Å². The lowest BCUT2D eigenvalue weighted by Gasteiger charge is -2.38. The van der Waals surface area contributed by atoms with Crippen molar-refractivity contribution in [3.05, 3.63) is 34.9 Å². The van der Waals surface area contributed by atoms with Crippen molar-refractivity contribution >= 4 is 11.6 Å². The predicted octanol–water partition coefficient (Wildman–Crippen LogP) is 4.79. The topological polar surface area (TPSA) is 12.0 Å². The maximum atomic E-state index is 6.48. The molecule has 0 radical (unpaired) electrons. The molecule has 1 aliphatic carbocycles. The first-order valence-corrected chi connectivity index (χ1v) is 7.73. The Morgan fingerprint density at radius 3 is 2.53 bits per heavy atom. The van der Waals surface area contributed by atoms with Crippen LogP contribution in [0.4, 0.5) is 0 Å². The zero-order chi connectivity index (χ0) is 14.1. The molecule has 2 rings (SSSR count). The summed E-state index contributed by atoms with van der Waals surface area (Å²) in [5, 5.41) is 4.63. The third kappa shape index (κ3) is 3.14. The van der Waals surface area contributed by atoms with Crippen molar-refractivity contribution < 1.29 is 0 Å². The molecule has 1 aromatic rings. The van der Waals surface area contributed by atoms with Crippen LogP contribution < -0.4 is 5.32 Å². The summed E-state index contributed by atoms with van der Waals surface area (Å²) < 4.78 is 0. The Morgan fingerprint density at radius 2 is 2.00 bits per heavy atom. The van der Waals surface area contributed by atoms with Gasteiger partial charge >= 0.3 is 0 Å². The fourth-order valence-corrected chi connectivity index (χ4v) is 3.62. The molecule has 0 spiro atoms. The van der Waals surface area contributed by atoms with Crippen LogP contribution in [0.5, 0.6) is 0 Å². The normalized spacial score (nSPS) is 27.7. The minimum atomic E-state index is 0.149. The number of hydrogen-bond donors (Lipinski definition) is 1. The Morgan fingerprint density at radius 1 is 1.32 bits per heavy atom. The first-order valence-electron chi connectivity index (χ1n) is 7.35. The molecule has 2 unspecified atom stereocenters. The molecular formula is C17H26ClN. The van der Waals surface area contributed by atoms with E-state index in [-0.39, 0.29) is 11.0 Å². The smallest absolute Gasteiger partial charge is 0.0444 e. The summed E-state index contributed by atoms with van der Waals surface area (Å²) in [4.78, 5) is 0. The molecule has 1 saturated carbocycles. The van der Waals surface area contributed by atoms with Crippen LogP contribution in [0.25, 0.3) is 0 Å². The minimum absolute atomic E-state index is 0.149. The van der Waals surface area contributed by atoms with Crippen LogP contribution in [0.3, 0.4) is 0 Å². The molecule has 1 aromatic carbocycles. The van der Waals surface area contributed by atoms with E-state index in [1.807, 2.05) is 12.1 Å². The van der Waals surface area contributed by atoms with E-state index in [1.54, 1.807) is 0 Å². The lowest BCUT2D eigenvalue weighted by Crippen LogP contribution is -2.47. The molecule has 2 heteroatoms. The summed E-state index contributed by atoms with van der Waals surface area (Å²) in [5.74, 6) is 0.683. The lowest BCUT2D eigenvalue weighted by molar-refractivity contribution is 0.279. The molecule has 1 nitrogen and oxygen atoms in total. The van der Waals surface area contributed by atoms with E-state index in [0.717, 1.165) is 11.6 Å². The van der Waals surface area contributed by atoms with Gasteiger partial charge in [0.15, 0.2) is 0 Å². The SMILES string of the molecule is CC1CCCC1(CNC(C)(C)C)c1ccccc1Cl. The van der Waals surface area contributed by atoms with E-state index >= 15 is 0 Å². The quantitative estimate of drug-likeness (QED) is 0.839. The van der Waals surface area contributed by atoms with Gasteiger partial charge in [0.25, 0.3) is 0 Å². The van der Waals surface area contributed by atoms with Gasteiger partial charge in [0, 0.05) is 22.5 Å². The van der Waals surface area contributed by atoms with Gasteiger partial charge in [0.05, 0.1) is 0 Å². The molecule has 2 atom stereocenters. The van der Waals surface area contributed by atoms with Gasteiger partial charge in [-0.15, -0.1) is 0 Å². The Kier molecular flexibility index (Phi) is 4.27. The maximum Gasteiger partial charge on any atom is 0.0444 e. The second kappa shape index (κ2) is 5.46. The van der Waals surface area contributed by atoms with Gasteiger partial charge in [0.2, 0.25) is 0 Å². The first kappa shape index (κ1) is 14.9. The molecule has 1 aliphatic rings. The molecule has 1 N–H and O–H groups in total. The Labute approximate surface area is 122 Å². The van der Waals surface area contributed by atoms with E-state index in [9.17, 15) is 0 Å². The van der Waals surface area contributed by atoms with Crippen molar-refractivity contribution in [1.29, 1.82) is 0 Å². The molecule has 0 heterocycles. The summed E-state index contributed by atoms with van der Waals surface area (Å²) in [6, 6.07) is 8.39. The highest BCUT2D eigenvalue weighted by atomic mass is 35.5. The molecule has 19 heavy (non-hydrogen) atoms. The van der Waals surface area contributed by atoms with Crippen LogP contribution in [0.2, 0.25) is 5.02 Å². The fourth-order valence-electron chi connectivity index (χ4n) is 3.29. The Balaban J connectivity index is 2.33. The largest absolute Gasteiger partial charge is 0.311 e. The summed E-state index contributed by atoms with van der Waals surface area (Å²) in [6.07, 6.45) is 3.84. The summed E-state index contributed by atoms with van der Waals surface area (Å²) in [6.45, 7) is 10.1. The molecular weight excluding hydrogens is 254 g/mol. The molecule has 106 valence electrons. The average molecular weight is 280 g/mol. The maximum absolute atomic E-state index is 6.48. The number of hydrogen-bond acceptors (Lipinski definition) is 1. The van der Waals surface area contributed by atoms with Crippen molar-refractivity contribution in [1.82, 2.24) is 5.32 Å². The van der Waals surface area contributed by atoms with E-state index in [0.29, 0.717) is 5.92 Å². The molecule has 0 aromatic heterocycles. The zero-order valence-electron chi connectivity index (χ0n) is 12.6. The Bertz CT molecular complexity index is 435. The second-order valence-corrected chi connectivity index (χ2v) is 7.44. The van der Waals surface area contributed by atoms with Crippen molar-refractivity contribution in [3.8, 4) is 0 Å². The van der Waals surface area contributed by atoms with Crippen molar-refractivity contribution in [2.24, 2.45) is 5.92 Å². The van der Waals surface area contributed by atoms with Crippen LogP contribution in [-0.4, -0.2) is 12.1 Å². The van der Waals surface area contributed by atoms with Crippen molar-refractivity contribution in [3.63, 3.8) is 0 Å². The molecule has 0 aliphatic heterocycles. The van der Waals surface area contributed by atoms with Crippen LogP contribution in [0, 0.1) is 5.92 Å². The lowest BCUT2D eigenvalue weighted by atomic mass is 9.72. The Hall–Kier alpha value is -0.530. The van der Waals surface area contributed by atoms with Gasteiger partial charge in [-0.25, -0.2) is 0 Å². The first-order chi connectivity index (χ1) is 8.85. The van der Waals surface area contributed by atoms with Crippen LogP contribution in [0.15, 0.2) is 24.3 Å². The molecule has 0 bridgehead atoms. The van der Waals surface area contributed by atoms with Gasteiger partial charge in [0.1, 0.15) is 0 Å². The fraction of sp³-hybridized carbons (Fsp3) is 0.647. The number of nitrogens with one attached hydrogen (secondary N) is 1. The van der Waals surface area contributed by atoms with Gasteiger partial charge in [-0.1, -0.05) is 43.1 Å². The van der Waals surface area contributed by atoms with Crippen molar-refractivity contribution in [2.45, 2.75) is 57.9 Å². The number of halogens is 1. The van der Waals surface area contributed by atoms with E-state index in [2.05, 4.69) is 45.1 Å². The van der Waals surface area contributed by atoms with Gasteiger partial charge < -0.3 is 5.32 Å². The van der Waals surface area contributed by atoms with Crippen LogP contribution >= 0.6 is 11.6 Å². The minimum Gasteiger partial charge on any atom is -0.311 e. The number of benzene rings is 1. The summed E-state index contributed by atoms with van der Waals surface area (Å²) >= 11 is 6.48. The highest BCUT2D eigenvalue weighted by Gasteiger charge is 2.43. The standard InChI is InChI=1S/C17H26ClN/c1-13-8-7-11-17(13,12-19-16(2,3)4)14-9-5-6-10-15(14)18/h5-6,9-10,13,19H,7-8,11-12H2,1-4H3. The highest BCUT2D eigenvalue weighted by Crippen LogP contribution is 2.47. The molecule has 0 saturated heterocycles. The highest BCUT2D eigenvalue weighted by molar-refractivity contribution is 6.31. The molecule has 0 amide bonds. The van der Waals surface area contributed by atoms with Gasteiger partial charge in [-0.3, -0.25) is 0 Å². The van der Waals surface area contributed by atoms with E-state index in [4.69, 9.17) is 11.6 Å². The third-order valence-electron chi connectivity index (χ3n) is 4.55. The second-order valence-electron chi connectivity index (χ2n) is 7.03. The summed E-state index contributed by atoms with van der Waals surface area (Å²) in [5.41, 5.74) is 1.68. The zero-order valence-corrected chi connectivity index (χ0v) is 13.3. The predicted molar refractivity (Wildman–Crippen MR) is 83.9 cm³/mol. The average Bonchev–Trinajstić information content (AvgIpc) is 2.69. The van der Waals surface area contributed by atoms with E-state index in [1.165, 1.54) is 24.8 Å². The summed E-state index contributed by atoms with van der Waals surface area (Å²) in [7, 11) is 0. The molecule has 1 fully saturated rings. The van der Waals surface area contributed by atoms with Gasteiger partial charge in [-0.2, -0.15) is 0 Å². The van der Waals surface area contributed by atoms with Gasteiger partial charge in [-0.05, 0) is 51.2 Å². The number of rotatable bonds is 3. The van der Waals surface area contributed by atoms with Crippen molar-refractivity contribution in [2.75, 3.05) is 6.54 Å². The van der Waals surface area contributed by atoms with Crippen LogP contribution in [0.1, 0.15) is 52.5 Å². The van der Waals surface area contributed by atoms with E-state index < -0.39 is 0 Å². The monoisotopic (exact) mass is 279 g/mol. The third-order valence-corrected chi connectivity index (χ3v) is 4.88.